The van der Waals surface area contributed by atoms with Crippen LogP contribution in [0.1, 0.15) is 5.56 Å². The van der Waals surface area contributed by atoms with Crippen LogP contribution in [0.4, 0.5) is 8.78 Å². The highest BCUT2D eigenvalue weighted by Crippen LogP contribution is 2.34. The maximum Gasteiger partial charge on any atom is 0.379 e. The average Bonchev–Trinajstić information content (AvgIpc) is 2.17. The molecule has 15 heavy (non-hydrogen) atoms. The quantitative estimate of drug-likeness (QED) is 0.355. The molecule has 2 nitrogen and oxygen atoms in total. The van der Waals surface area contributed by atoms with Crippen molar-refractivity contribution in [2.45, 2.75) is 10.9 Å². The summed E-state index contributed by atoms with van der Waals surface area (Å²) in [6, 6.07) is 0.158. The Morgan fingerprint density at radius 1 is 1.53 bits per heavy atom. The van der Waals surface area contributed by atoms with Gasteiger partial charge >= 0.3 is 6.05 Å². The Morgan fingerprint density at radius 2 is 2.20 bits per heavy atom. The molecule has 0 N–H and O–H groups in total. The monoisotopic (exact) mass is 249 g/mol. The summed E-state index contributed by atoms with van der Waals surface area (Å²) in [7, 11) is 0. The molecule has 0 saturated heterocycles. The molecule has 1 aromatic rings. The van der Waals surface area contributed by atoms with Crippen LogP contribution in [-0.2, 0) is 10.8 Å². The third-order valence-corrected chi connectivity index (χ3v) is 2.91. The summed E-state index contributed by atoms with van der Waals surface area (Å²) in [5.74, 6) is 0. The van der Waals surface area contributed by atoms with Gasteiger partial charge in [-0.15, -0.1) is 16.8 Å². The Hall–Kier alpha value is -0.900. The number of hydrogen-bond acceptors (Lipinski definition) is 3. The number of carbonyl (C=O) groups excluding carboxylic acids is 1. The number of benzene rings is 1. The first kappa shape index (κ1) is 12.2. The molecule has 0 atom stereocenters. The first-order valence-electron chi connectivity index (χ1n) is 3.82. The lowest BCUT2D eigenvalue weighted by Gasteiger charge is -2.10. The fraction of sp³-hybridized carbons (Fsp3) is 0.222. The molecule has 0 saturated carbocycles. The molecule has 0 aliphatic heterocycles. The molecule has 0 bridgehead atoms. The van der Waals surface area contributed by atoms with Crippen molar-refractivity contribution in [1.29, 1.82) is 0 Å². The summed E-state index contributed by atoms with van der Waals surface area (Å²) in [6.07, 6.45) is 2.61. The molecule has 0 aliphatic rings. The van der Waals surface area contributed by atoms with Gasteiger partial charge in [0.2, 0.25) is 6.08 Å². The third-order valence-electron chi connectivity index (χ3n) is 1.69. The first-order chi connectivity index (χ1) is 7.01. The number of rotatable bonds is 3. The normalized spacial score (nSPS) is 10.9. The average molecular weight is 250 g/mol. The van der Waals surface area contributed by atoms with Gasteiger partial charge in [0.1, 0.15) is 0 Å². The van der Waals surface area contributed by atoms with Gasteiger partial charge in [-0.3, -0.25) is 0 Å². The van der Waals surface area contributed by atoms with Crippen molar-refractivity contribution in [1.82, 2.24) is 0 Å². The number of halogens is 3. The van der Waals surface area contributed by atoms with Crippen molar-refractivity contribution in [2.24, 2.45) is 4.99 Å². The van der Waals surface area contributed by atoms with E-state index in [2.05, 4.69) is 4.99 Å². The molecule has 0 aromatic heterocycles. The van der Waals surface area contributed by atoms with E-state index < -0.39 is 11.6 Å². The number of aliphatic imine (C=N–C) groups is 1. The molecule has 1 aromatic carbocycles. The predicted molar refractivity (Wildman–Crippen MR) is 55.2 cm³/mol. The fourth-order valence-corrected chi connectivity index (χ4v) is 1.85. The van der Waals surface area contributed by atoms with Gasteiger partial charge in [-0.05, 0) is 24.5 Å². The highest BCUT2D eigenvalue weighted by molar-refractivity contribution is 7.98. The third kappa shape index (κ3) is 2.78. The Labute approximate surface area is 94.3 Å². The van der Waals surface area contributed by atoms with E-state index in [1.807, 2.05) is 0 Å². The van der Waals surface area contributed by atoms with Crippen molar-refractivity contribution < 1.29 is 13.6 Å². The summed E-state index contributed by atoms with van der Waals surface area (Å²) in [5, 5.41) is 0.209. The lowest BCUT2D eigenvalue weighted by Crippen LogP contribution is -2.09. The van der Waals surface area contributed by atoms with Crippen molar-refractivity contribution in [3.05, 3.63) is 28.8 Å². The van der Waals surface area contributed by atoms with E-state index in [1.165, 1.54) is 23.9 Å². The number of hydrogen-bond donors (Lipinski definition) is 0. The summed E-state index contributed by atoms with van der Waals surface area (Å²) >= 11 is 7.08. The summed E-state index contributed by atoms with van der Waals surface area (Å²) in [5.41, 5.74) is -0.423. The van der Waals surface area contributed by atoms with E-state index in [-0.39, 0.29) is 5.02 Å². The van der Waals surface area contributed by atoms with Crippen LogP contribution in [-0.4, -0.2) is 12.3 Å². The highest BCUT2D eigenvalue weighted by Gasteiger charge is 2.31. The minimum atomic E-state index is -3.57. The molecule has 0 aliphatic carbocycles. The summed E-state index contributed by atoms with van der Waals surface area (Å²) in [4.78, 5) is 12.9. The molecule has 80 valence electrons. The van der Waals surface area contributed by atoms with Gasteiger partial charge in [0.25, 0.3) is 0 Å². The largest absolute Gasteiger partial charge is 0.379 e. The van der Waals surface area contributed by atoms with Gasteiger partial charge in [0, 0.05) is 10.5 Å². The van der Waals surface area contributed by atoms with E-state index in [0.29, 0.717) is 4.90 Å². The predicted octanol–water partition coefficient (Wildman–Crippen LogP) is 3.45. The van der Waals surface area contributed by atoms with Gasteiger partial charge in [-0.2, -0.15) is 8.78 Å². The molecule has 0 unspecified atom stereocenters. The Bertz CT molecular complexity index is 419. The van der Waals surface area contributed by atoms with E-state index in [4.69, 9.17) is 11.6 Å². The summed E-state index contributed by atoms with van der Waals surface area (Å²) < 4.78 is 26.2. The molecular weight excluding hydrogens is 244 g/mol. The van der Waals surface area contributed by atoms with Crippen LogP contribution in [0.2, 0.25) is 5.02 Å². The second kappa shape index (κ2) is 4.75. The number of thioether (sulfide) groups is 1. The van der Waals surface area contributed by atoms with Crippen LogP contribution in [0.3, 0.4) is 0 Å². The van der Waals surface area contributed by atoms with Gasteiger partial charge in [-0.25, -0.2) is 4.79 Å². The highest BCUT2D eigenvalue weighted by atomic mass is 35.5. The minimum Gasteiger partial charge on any atom is -0.211 e. The van der Waals surface area contributed by atoms with Crippen LogP contribution in [0.25, 0.3) is 0 Å². The number of isocyanates is 1. The van der Waals surface area contributed by atoms with E-state index >= 15 is 0 Å². The fourth-order valence-electron chi connectivity index (χ4n) is 0.975. The molecular formula is C9H6ClF2NOS. The van der Waals surface area contributed by atoms with E-state index in [1.54, 1.807) is 6.26 Å². The Kier molecular flexibility index (Phi) is 3.85. The zero-order valence-corrected chi connectivity index (χ0v) is 9.20. The lowest BCUT2D eigenvalue weighted by atomic mass is 10.2. The van der Waals surface area contributed by atoms with Gasteiger partial charge in [0.15, 0.2) is 0 Å². The molecule has 1 rings (SSSR count). The zero-order valence-electron chi connectivity index (χ0n) is 7.63. The minimum absolute atomic E-state index is 0.209. The second-order valence-corrected chi connectivity index (χ2v) is 3.85. The van der Waals surface area contributed by atoms with Crippen molar-refractivity contribution in [2.75, 3.05) is 6.26 Å². The summed E-state index contributed by atoms with van der Waals surface area (Å²) in [6.45, 7) is 0. The molecule has 6 heteroatoms. The van der Waals surface area contributed by atoms with Gasteiger partial charge in [0.05, 0.1) is 5.02 Å². The topological polar surface area (TPSA) is 29.4 Å². The van der Waals surface area contributed by atoms with Crippen LogP contribution in [0.15, 0.2) is 28.1 Å². The maximum absolute atomic E-state index is 13.1. The first-order valence-corrected chi connectivity index (χ1v) is 5.42. The standard InChI is InChI=1S/C9H6ClF2NOS/c1-15-8-3-2-6(4-7(8)10)9(11,12)13-5-14/h2-4H,1H3. The van der Waals surface area contributed by atoms with Crippen molar-refractivity contribution in [3.63, 3.8) is 0 Å². The Balaban J connectivity index is 3.17. The number of nitrogens with zero attached hydrogens (tertiary/aromatic N) is 1. The van der Waals surface area contributed by atoms with Crippen LogP contribution < -0.4 is 0 Å². The SMILES string of the molecule is CSc1ccc(C(F)(F)N=C=O)cc1Cl. The molecule has 0 spiro atoms. The van der Waals surface area contributed by atoms with Crippen molar-refractivity contribution >= 4 is 29.4 Å². The maximum atomic E-state index is 13.1. The van der Waals surface area contributed by atoms with E-state index in [9.17, 15) is 13.6 Å². The van der Waals surface area contributed by atoms with Crippen LogP contribution in [0, 0.1) is 0 Å². The zero-order chi connectivity index (χ0) is 11.5. The molecule has 0 heterocycles. The molecule has 0 amide bonds. The van der Waals surface area contributed by atoms with Crippen molar-refractivity contribution in [3.8, 4) is 0 Å². The van der Waals surface area contributed by atoms with Gasteiger partial charge < -0.3 is 0 Å². The smallest absolute Gasteiger partial charge is 0.211 e. The molecule has 0 fully saturated rings. The van der Waals surface area contributed by atoms with Crippen LogP contribution in [0.5, 0.6) is 0 Å². The van der Waals surface area contributed by atoms with Crippen LogP contribution >= 0.6 is 23.4 Å². The van der Waals surface area contributed by atoms with Gasteiger partial charge in [-0.1, -0.05) is 11.6 Å². The second-order valence-electron chi connectivity index (χ2n) is 2.59. The lowest BCUT2D eigenvalue weighted by molar-refractivity contribution is 0.00613. The number of alkyl halides is 2. The van der Waals surface area contributed by atoms with E-state index in [0.717, 1.165) is 12.1 Å². The molecule has 0 radical (unpaired) electrons. The Morgan fingerprint density at radius 3 is 2.67 bits per heavy atom.